The minimum Gasteiger partial charge on any atom is -1.00 e. The van der Waals surface area contributed by atoms with Gasteiger partial charge in [0.05, 0.1) is 0 Å². The van der Waals surface area contributed by atoms with Crippen molar-refractivity contribution in [2.24, 2.45) is 11.5 Å². The monoisotopic (exact) mass is 187 g/mol. The minimum atomic E-state index is 0. The Kier molecular flexibility index (Phi) is 18.3. The maximum Gasteiger partial charge on any atom is 2.00 e. The average molecular weight is 187 g/mol. The van der Waals surface area contributed by atoms with E-state index in [-0.39, 0.29) is 40.6 Å². The van der Waals surface area contributed by atoms with Crippen molar-refractivity contribution in [2.75, 3.05) is 26.2 Å². The van der Waals surface area contributed by atoms with Crippen molar-refractivity contribution in [2.45, 2.75) is 19.3 Å². The van der Waals surface area contributed by atoms with Crippen molar-refractivity contribution in [1.29, 1.82) is 0 Å². The molecule has 5 N–H and O–H groups in total. The van der Waals surface area contributed by atoms with E-state index in [4.69, 9.17) is 11.5 Å². The van der Waals surface area contributed by atoms with Crippen molar-refractivity contribution >= 4 is 37.7 Å². The number of nitrogens with one attached hydrogen (secondary N) is 1. The quantitative estimate of drug-likeness (QED) is 0.372. The molecule has 0 atom stereocenters. The molecule has 0 saturated heterocycles. The summed E-state index contributed by atoms with van der Waals surface area (Å²) in [5, 5.41) is 3.29. The summed E-state index contributed by atoms with van der Waals surface area (Å²) in [6.07, 6.45) is 3.37. The molecule has 0 heterocycles. The Morgan fingerprint density at radius 3 is 2.00 bits per heavy atom. The maximum absolute atomic E-state index is 5.32. The molecular formula is C7H21CaN3. The first kappa shape index (κ1) is 14.7. The molecule has 0 unspecified atom stereocenters. The number of unbranched alkanes of at least 4 members (excludes halogenated alkanes) is 1. The van der Waals surface area contributed by atoms with E-state index in [0.29, 0.717) is 0 Å². The van der Waals surface area contributed by atoms with Crippen molar-refractivity contribution in [3.8, 4) is 0 Å². The van der Waals surface area contributed by atoms with Crippen LogP contribution in [0.5, 0.6) is 0 Å². The van der Waals surface area contributed by atoms with E-state index in [0.717, 1.165) is 39.0 Å². The first-order valence-corrected chi connectivity index (χ1v) is 4.02. The van der Waals surface area contributed by atoms with Crippen LogP contribution in [-0.4, -0.2) is 63.9 Å². The molecule has 0 aromatic heterocycles. The topological polar surface area (TPSA) is 64.1 Å². The van der Waals surface area contributed by atoms with Crippen LogP contribution in [0, 0.1) is 0 Å². The van der Waals surface area contributed by atoms with Gasteiger partial charge in [-0.1, -0.05) is 0 Å². The first-order chi connectivity index (χ1) is 4.91. The molecule has 0 spiro atoms. The van der Waals surface area contributed by atoms with Crippen molar-refractivity contribution in [1.82, 2.24) is 5.32 Å². The SMILES string of the molecule is NCCCCNCCCN.[Ca+2].[H-].[H-]. The third kappa shape index (κ3) is 14.0. The fourth-order valence-electron chi connectivity index (χ4n) is 0.746. The van der Waals surface area contributed by atoms with Gasteiger partial charge in [0.25, 0.3) is 0 Å². The molecule has 11 heavy (non-hydrogen) atoms. The summed E-state index contributed by atoms with van der Waals surface area (Å²) in [7, 11) is 0. The molecule has 0 radical (unpaired) electrons. The Morgan fingerprint density at radius 2 is 1.45 bits per heavy atom. The van der Waals surface area contributed by atoms with Gasteiger partial charge in [-0.15, -0.1) is 0 Å². The van der Waals surface area contributed by atoms with E-state index in [9.17, 15) is 0 Å². The van der Waals surface area contributed by atoms with Crippen LogP contribution in [0.1, 0.15) is 22.1 Å². The second-order valence-electron chi connectivity index (χ2n) is 2.39. The third-order valence-corrected chi connectivity index (χ3v) is 1.37. The van der Waals surface area contributed by atoms with Crippen molar-refractivity contribution in [3.05, 3.63) is 0 Å². The maximum atomic E-state index is 5.32. The van der Waals surface area contributed by atoms with E-state index in [1.807, 2.05) is 0 Å². The van der Waals surface area contributed by atoms with Gasteiger partial charge < -0.3 is 19.6 Å². The molecule has 0 aliphatic carbocycles. The molecule has 4 heteroatoms. The minimum absolute atomic E-state index is 0. The zero-order chi connectivity index (χ0) is 7.66. The van der Waals surface area contributed by atoms with Crippen molar-refractivity contribution < 1.29 is 2.85 Å². The Balaban J connectivity index is -0.000000135. The molecule has 0 fully saturated rings. The van der Waals surface area contributed by atoms with Crippen LogP contribution in [0.15, 0.2) is 0 Å². The van der Waals surface area contributed by atoms with Crippen LogP contribution in [0.4, 0.5) is 0 Å². The number of rotatable bonds is 7. The molecule has 0 rings (SSSR count). The number of nitrogens with two attached hydrogens (primary N) is 2. The van der Waals surface area contributed by atoms with E-state index in [1.54, 1.807) is 0 Å². The number of hydrogen-bond acceptors (Lipinski definition) is 3. The predicted octanol–water partition coefficient (Wildman–Crippen LogP) is -0.492. The van der Waals surface area contributed by atoms with Gasteiger partial charge in [-0.2, -0.15) is 0 Å². The summed E-state index contributed by atoms with van der Waals surface area (Å²) >= 11 is 0. The first-order valence-electron chi connectivity index (χ1n) is 4.02. The van der Waals surface area contributed by atoms with Gasteiger partial charge in [-0.3, -0.25) is 0 Å². The second kappa shape index (κ2) is 13.7. The molecule has 0 aromatic carbocycles. The molecule has 66 valence electrons. The Hall–Kier alpha value is 1.14. The predicted molar refractivity (Wildman–Crippen MR) is 52.8 cm³/mol. The Bertz CT molecular complexity index is 61.7. The smallest absolute Gasteiger partial charge is 1.00 e. The normalized spacial score (nSPS) is 9.27. The standard InChI is InChI=1S/C7H19N3.Ca.2H/c8-4-1-2-6-10-7-3-5-9;;;/h10H,1-9H2;;;/q;+2;2*-1. The molecule has 0 amide bonds. The van der Waals surface area contributed by atoms with E-state index in [2.05, 4.69) is 5.32 Å². The summed E-state index contributed by atoms with van der Waals surface area (Å²) in [6.45, 7) is 3.71. The molecule has 3 nitrogen and oxygen atoms in total. The largest absolute Gasteiger partial charge is 2.00 e. The van der Waals surface area contributed by atoms with Crippen LogP contribution < -0.4 is 16.8 Å². The second-order valence-corrected chi connectivity index (χ2v) is 2.39. The van der Waals surface area contributed by atoms with Gasteiger partial charge in [0.1, 0.15) is 0 Å². The molecule has 0 bridgehead atoms. The Morgan fingerprint density at radius 1 is 0.909 bits per heavy atom. The molecule has 0 aromatic rings. The average Bonchev–Trinajstić information content (AvgIpc) is 1.97. The van der Waals surface area contributed by atoms with Gasteiger partial charge in [-0.25, -0.2) is 0 Å². The van der Waals surface area contributed by atoms with E-state index >= 15 is 0 Å². The molecular weight excluding hydrogens is 166 g/mol. The summed E-state index contributed by atoms with van der Waals surface area (Å²) in [5.74, 6) is 0. The number of hydrogen-bond donors (Lipinski definition) is 3. The van der Waals surface area contributed by atoms with Crippen molar-refractivity contribution in [3.63, 3.8) is 0 Å². The van der Waals surface area contributed by atoms with Crippen LogP contribution in [0.25, 0.3) is 0 Å². The van der Waals surface area contributed by atoms with Crippen LogP contribution in [0.3, 0.4) is 0 Å². The summed E-state index contributed by atoms with van der Waals surface area (Å²) in [4.78, 5) is 0. The Labute approximate surface area is 102 Å². The third-order valence-electron chi connectivity index (χ3n) is 1.37. The summed E-state index contributed by atoms with van der Waals surface area (Å²) in [5.41, 5.74) is 10.6. The van der Waals surface area contributed by atoms with Crippen LogP contribution >= 0.6 is 0 Å². The van der Waals surface area contributed by atoms with E-state index in [1.165, 1.54) is 6.42 Å². The summed E-state index contributed by atoms with van der Waals surface area (Å²) < 4.78 is 0. The van der Waals surface area contributed by atoms with Gasteiger partial charge in [-0.05, 0) is 45.4 Å². The van der Waals surface area contributed by atoms with Gasteiger partial charge in [0.15, 0.2) is 0 Å². The zero-order valence-corrected chi connectivity index (χ0v) is 9.52. The fraction of sp³-hybridized carbons (Fsp3) is 1.00. The van der Waals surface area contributed by atoms with Gasteiger partial charge in [0, 0.05) is 0 Å². The van der Waals surface area contributed by atoms with Gasteiger partial charge in [0.2, 0.25) is 0 Å². The van der Waals surface area contributed by atoms with E-state index < -0.39 is 0 Å². The summed E-state index contributed by atoms with van der Waals surface area (Å²) in [6, 6.07) is 0. The molecule has 0 aliphatic heterocycles. The zero-order valence-electron chi connectivity index (χ0n) is 9.31. The molecule has 0 saturated carbocycles. The van der Waals surface area contributed by atoms with Gasteiger partial charge >= 0.3 is 37.7 Å². The fourth-order valence-corrected chi connectivity index (χ4v) is 0.746. The molecule has 0 aliphatic rings. The van der Waals surface area contributed by atoms with Crippen LogP contribution in [-0.2, 0) is 0 Å². The van der Waals surface area contributed by atoms with Crippen LogP contribution in [0.2, 0.25) is 0 Å².